The molecular formula is C16H13FN4O2. The van der Waals surface area contributed by atoms with Crippen LogP contribution in [0.4, 0.5) is 15.9 Å². The van der Waals surface area contributed by atoms with Crippen LogP contribution in [0.3, 0.4) is 0 Å². The summed E-state index contributed by atoms with van der Waals surface area (Å²) in [5.41, 5.74) is 1.70. The van der Waals surface area contributed by atoms with Crippen molar-refractivity contribution in [2.24, 2.45) is 7.05 Å². The van der Waals surface area contributed by atoms with Gasteiger partial charge < -0.3 is 10.4 Å². The Morgan fingerprint density at radius 3 is 2.91 bits per heavy atom. The number of halogens is 1. The third-order valence-corrected chi connectivity index (χ3v) is 3.27. The number of anilines is 2. The van der Waals surface area contributed by atoms with E-state index in [0.29, 0.717) is 22.6 Å². The van der Waals surface area contributed by atoms with Crippen molar-refractivity contribution in [3.8, 4) is 11.1 Å². The minimum Gasteiger partial charge on any atom is -0.478 e. The number of aromatic nitrogens is 3. The highest BCUT2D eigenvalue weighted by molar-refractivity contribution is 5.95. The highest BCUT2D eigenvalue weighted by atomic mass is 19.1. The van der Waals surface area contributed by atoms with E-state index in [-0.39, 0.29) is 11.4 Å². The van der Waals surface area contributed by atoms with Crippen molar-refractivity contribution in [2.45, 2.75) is 0 Å². The maximum absolute atomic E-state index is 13.5. The molecule has 0 amide bonds. The van der Waals surface area contributed by atoms with Crippen LogP contribution in [0.15, 0.2) is 48.9 Å². The molecule has 0 fully saturated rings. The number of aromatic carboxylic acids is 1. The first-order valence-corrected chi connectivity index (χ1v) is 6.78. The molecule has 0 aliphatic rings. The molecule has 0 spiro atoms. The summed E-state index contributed by atoms with van der Waals surface area (Å²) in [6.07, 6.45) is 4.54. The number of benzene rings is 1. The van der Waals surface area contributed by atoms with Gasteiger partial charge in [0.15, 0.2) is 5.82 Å². The van der Waals surface area contributed by atoms with Crippen LogP contribution < -0.4 is 5.32 Å². The summed E-state index contributed by atoms with van der Waals surface area (Å²) in [7, 11) is 1.73. The van der Waals surface area contributed by atoms with Gasteiger partial charge in [-0.15, -0.1) is 0 Å². The molecule has 2 aromatic heterocycles. The SMILES string of the molecule is Cn1cc(-c2cccc(F)c2)c(Nc2cnccc2C(=O)O)n1. The fourth-order valence-corrected chi connectivity index (χ4v) is 2.26. The van der Waals surface area contributed by atoms with Gasteiger partial charge in [0.2, 0.25) is 0 Å². The Morgan fingerprint density at radius 1 is 1.35 bits per heavy atom. The summed E-state index contributed by atoms with van der Waals surface area (Å²) in [4.78, 5) is 15.2. The molecule has 0 saturated heterocycles. The Balaban J connectivity index is 2.04. The second-order valence-corrected chi connectivity index (χ2v) is 4.93. The second kappa shape index (κ2) is 5.88. The summed E-state index contributed by atoms with van der Waals surface area (Å²) in [6.45, 7) is 0. The van der Waals surface area contributed by atoms with E-state index < -0.39 is 5.97 Å². The van der Waals surface area contributed by atoms with Crippen LogP contribution in [0.2, 0.25) is 0 Å². The van der Waals surface area contributed by atoms with Crippen molar-refractivity contribution < 1.29 is 14.3 Å². The molecule has 116 valence electrons. The lowest BCUT2D eigenvalue weighted by atomic mass is 10.1. The highest BCUT2D eigenvalue weighted by Gasteiger charge is 2.15. The second-order valence-electron chi connectivity index (χ2n) is 4.93. The van der Waals surface area contributed by atoms with E-state index in [1.165, 1.54) is 30.6 Å². The van der Waals surface area contributed by atoms with E-state index in [1.54, 1.807) is 30.1 Å². The number of carboxylic acids is 1. The van der Waals surface area contributed by atoms with E-state index in [4.69, 9.17) is 0 Å². The molecule has 1 aromatic carbocycles. The molecule has 7 heteroatoms. The summed E-state index contributed by atoms with van der Waals surface area (Å²) >= 11 is 0. The maximum atomic E-state index is 13.5. The quantitative estimate of drug-likeness (QED) is 0.774. The largest absolute Gasteiger partial charge is 0.478 e. The van der Waals surface area contributed by atoms with E-state index in [0.717, 1.165) is 0 Å². The molecule has 6 nitrogen and oxygen atoms in total. The monoisotopic (exact) mass is 312 g/mol. The number of hydrogen-bond donors (Lipinski definition) is 2. The van der Waals surface area contributed by atoms with Gasteiger partial charge in [-0.3, -0.25) is 9.67 Å². The van der Waals surface area contributed by atoms with Crippen molar-refractivity contribution in [1.82, 2.24) is 14.8 Å². The molecule has 0 aliphatic heterocycles. The minimum atomic E-state index is -1.07. The Morgan fingerprint density at radius 2 is 2.17 bits per heavy atom. The number of pyridine rings is 1. The third kappa shape index (κ3) is 3.03. The number of nitrogens with zero attached hydrogens (tertiary/aromatic N) is 3. The van der Waals surface area contributed by atoms with Crippen LogP contribution in [-0.2, 0) is 7.05 Å². The van der Waals surface area contributed by atoms with Gasteiger partial charge in [-0.25, -0.2) is 9.18 Å². The predicted octanol–water partition coefficient (Wildman–Crippen LogP) is 3.06. The first-order chi connectivity index (χ1) is 11.0. The van der Waals surface area contributed by atoms with Gasteiger partial charge in [-0.1, -0.05) is 12.1 Å². The molecule has 0 radical (unpaired) electrons. The Kier molecular flexibility index (Phi) is 3.76. The van der Waals surface area contributed by atoms with Crippen molar-refractivity contribution in [3.63, 3.8) is 0 Å². The molecule has 3 aromatic rings. The average molecular weight is 312 g/mol. The van der Waals surface area contributed by atoms with E-state index in [1.807, 2.05) is 0 Å². The zero-order chi connectivity index (χ0) is 16.4. The molecule has 0 atom stereocenters. The topological polar surface area (TPSA) is 80.0 Å². The number of hydrogen-bond acceptors (Lipinski definition) is 4. The zero-order valence-electron chi connectivity index (χ0n) is 12.2. The van der Waals surface area contributed by atoms with Crippen LogP contribution in [0, 0.1) is 5.82 Å². The van der Waals surface area contributed by atoms with Crippen molar-refractivity contribution >= 4 is 17.5 Å². The average Bonchev–Trinajstić information content (AvgIpc) is 2.88. The van der Waals surface area contributed by atoms with Gasteiger partial charge in [-0.05, 0) is 23.8 Å². The van der Waals surface area contributed by atoms with Crippen LogP contribution in [0.5, 0.6) is 0 Å². The molecule has 3 rings (SSSR count). The van der Waals surface area contributed by atoms with Crippen molar-refractivity contribution in [2.75, 3.05) is 5.32 Å². The van der Waals surface area contributed by atoms with Crippen LogP contribution in [0.1, 0.15) is 10.4 Å². The third-order valence-electron chi connectivity index (χ3n) is 3.27. The van der Waals surface area contributed by atoms with E-state index in [2.05, 4.69) is 15.4 Å². The Labute approximate surface area is 131 Å². The lowest BCUT2D eigenvalue weighted by molar-refractivity contribution is 0.0698. The van der Waals surface area contributed by atoms with Gasteiger partial charge in [0.1, 0.15) is 5.82 Å². The molecular weight excluding hydrogens is 299 g/mol. The normalized spacial score (nSPS) is 10.5. The number of rotatable bonds is 4. The van der Waals surface area contributed by atoms with Crippen LogP contribution in [0.25, 0.3) is 11.1 Å². The number of aryl methyl sites for hydroxylation is 1. The van der Waals surface area contributed by atoms with E-state index in [9.17, 15) is 14.3 Å². The first-order valence-electron chi connectivity index (χ1n) is 6.78. The van der Waals surface area contributed by atoms with Gasteiger partial charge in [0, 0.05) is 25.0 Å². The van der Waals surface area contributed by atoms with Gasteiger partial charge in [-0.2, -0.15) is 5.10 Å². The van der Waals surface area contributed by atoms with Crippen molar-refractivity contribution in [1.29, 1.82) is 0 Å². The van der Waals surface area contributed by atoms with Gasteiger partial charge in [0.25, 0.3) is 0 Å². The summed E-state index contributed by atoms with van der Waals surface area (Å²) in [5, 5.41) is 16.5. The van der Waals surface area contributed by atoms with Gasteiger partial charge in [0.05, 0.1) is 17.4 Å². The fraction of sp³-hybridized carbons (Fsp3) is 0.0625. The minimum absolute atomic E-state index is 0.0795. The molecule has 23 heavy (non-hydrogen) atoms. The Hall–Kier alpha value is -3.22. The van der Waals surface area contributed by atoms with Crippen LogP contribution in [-0.4, -0.2) is 25.8 Å². The highest BCUT2D eigenvalue weighted by Crippen LogP contribution is 2.30. The van der Waals surface area contributed by atoms with Crippen molar-refractivity contribution in [3.05, 3.63) is 60.3 Å². The first kappa shape index (κ1) is 14.7. The maximum Gasteiger partial charge on any atom is 0.337 e. The lowest BCUT2D eigenvalue weighted by Gasteiger charge is -2.08. The molecule has 2 heterocycles. The predicted molar refractivity (Wildman–Crippen MR) is 83.1 cm³/mol. The summed E-state index contributed by atoms with van der Waals surface area (Å²) in [5.74, 6) is -1.00. The molecule has 0 unspecified atom stereocenters. The zero-order valence-corrected chi connectivity index (χ0v) is 12.2. The summed E-state index contributed by atoms with van der Waals surface area (Å²) in [6, 6.07) is 7.51. The molecule has 0 aliphatic carbocycles. The van der Waals surface area contributed by atoms with Crippen LogP contribution >= 0.6 is 0 Å². The van der Waals surface area contributed by atoms with Gasteiger partial charge >= 0.3 is 5.97 Å². The number of carboxylic acid groups (broad SMARTS) is 1. The standard InChI is InChI=1S/C16H13FN4O2/c1-21-9-13(10-3-2-4-11(17)7-10)15(20-21)19-14-8-18-6-5-12(14)16(22)23/h2-9H,1H3,(H,19,20)(H,22,23). The molecule has 2 N–H and O–H groups in total. The molecule has 0 saturated carbocycles. The fourth-order valence-electron chi connectivity index (χ4n) is 2.26. The smallest absolute Gasteiger partial charge is 0.337 e. The summed E-state index contributed by atoms with van der Waals surface area (Å²) < 4.78 is 15.0. The number of carbonyl (C=O) groups is 1. The lowest BCUT2D eigenvalue weighted by Crippen LogP contribution is -2.04. The number of nitrogens with one attached hydrogen (secondary N) is 1. The molecule has 0 bridgehead atoms. The van der Waals surface area contributed by atoms with E-state index >= 15 is 0 Å². The Bertz CT molecular complexity index is 876.